The first-order valence-corrected chi connectivity index (χ1v) is 3.66. The maximum absolute atomic E-state index is 3.89. The highest BCUT2D eigenvalue weighted by Gasteiger charge is 1.97. The second-order valence-electron chi connectivity index (χ2n) is 2.78. The predicted octanol–water partition coefficient (Wildman–Crippen LogP) is 2.67. The minimum Gasteiger partial charge on any atom is -0.363 e. The Kier molecular flexibility index (Phi) is 3.85. The van der Waals surface area contributed by atoms with Crippen LogP contribution >= 0.6 is 0 Å². The highest BCUT2D eigenvalue weighted by atomic mass is 14.9. The van der Waals surface area contributed by atoms with Crippen LogP contribution in [0.15, 0.2) is 24.0 Å². The van der Waals surface area contributed by atoms with Gasteiger partial charge in [0.1, 0.15) is 0 Å². The molecule has 58 valence electrons. The number of hydrogen-bond donors (Lipinski definition) is 1. The zero-order chi connectivity index (χ0) is 8.15. The zero-order valence-electron chi connectivity index (χ0n) is 7.36. The topological polar surface area (TPSA) is 12.0 Å². The highest BCUT2D eigenvalue weighted by Crippen LogP contribution is 2.04. The van der Waals surface area contributed by atoms with Gasteiger partial charge in [0, 0.05) is 11.4 Å². The van der Waals surface area contributed by atoms with E-state index in [1.165, 1.54) is 5.70 Å². The molecule has 0 spiro atoms. The third-order valence-electron chi connectivity index (χ3n) is 1.49. The van der Waals surface area contributed by atoms with Gasteiger partial charge in [0.2, 0.25) is 0 Å². The Balaban J connectivity index is 3.81. The van der Waals surface area contributed by atoms with Crippen LogP contribution in [0, 0.1) is 5.92 Å². The molecule has 0 atom stereocenters. The lowest BCUT2D eigenvalue weighted by atomic mass is 10.1. The predicted molar refractivity (Wildman–Crippen MR) is 46.5 cm³/mol. The molecule has 0 aliphatic rings. The Morgan fingerprint density at radius 1 is 1.50 bits per heavy atom. The van der Waals surface area contributed by atoms with Gasteiger partial charge in [0.15, 0.2) is 0 Å². The van der Waals surface area contributed by atoms with Crippen molar-refractivity contribution in [1.82, 2.24) is 5.32 Å². The van der Waals surface area contributed by atoms with Gasteiger partial charge in [-0.1, -0.05) is 26.5 Å². The first kappa shape index (κ1) is 9.28. The molecule has 0 aromatic rings. The van der Waals surface area contributed by atoms with Gasteiger partial charge in [-0.3, -0.25) is 0 Å². The van der Waals surface area contributed by atoms with Crippen molar-refractivity contribution in [2.24, 2.45) is 5.92 Å². The molecule has 0 aliphatic carbocycles. The average molecular weight is 139 g/mol. The Bertz CT molecular complexity index is 143. The second kappa shape index (κ2) is 4.15. The average Bonchev–Trinajstić information content (AvgIpc) is 1.87. The monoisotopic (exact) mass is 139 g/mol. The molecule has 0 bridgehead atoms. The fraction of sp³-hybridized carbons (Fsp3) is 0.556. The van der Waals surface area contributed by atoms with Gasteiger partial charge in [0.05, 0.1) is 0 Å². The van der Waals surface area contributed by atoms with Crippen molar-refractivity contribution < 1.29 is 0 Å². The molecule has 0 amide bonds. The van der Waals surface area contributed by atoms with Gasteiger partial charge in [-0.2, -0.15) is 0 Å². The van der Waals surface area contributed by atoms with Gasteiger partial charge in [-0.25, -0.2) is 0 Å². The van der Waals surface area contributed by atoms with Gasteiger partial charge >= 0.3 is 0 Å². The Hall–Kier alpha value is -0.720. The van der Waals surface area contributed by atoms with Crippen molar-refractivity contribution in [2.45, 2.75) is 27.7 Å². The molecule has 0 radical (unpaired) electrons. The van der Waals surface area contributed by atoms with E-state index in [1.807, 2.05) is 19.9 Å². The normalized spacial score (nSPS) is 11.9. The van der Waals surface area contributed by atoms with E-state index in [0.29, 0.717) is 5.92 Å². The van der Waals surface area contributed by atoms with E-state index in [1.54, 1.807) is 0 Å². The summed E-state index contributed by atoms with van der Waals surface area (Å²) in [4.78, 5) is 0. The van der Waals surface area contributed by atoms with E-state index in [9.17, 15) is 0 Å². The minimum atomic E-state index is 0.509. The van der Waals surface area contributed by atoms with E-state index < -0.39 is 0 Å². The standard InChI is InChI=1S/C9H17N/c1-6-8(4)10-9(5)7(2)3/h6-7,10H,5H2,1-4H3/b8-6-. The molecule has 0 aromatic carbocycles. The number of hydrogen-bond acceptors (Lipinski definition) is 1. The fourth-order valence-electron chi connectivity index (χ4n) is 0.470. The molecule has 0 saturated heterocycles. The maximum Gasteiger partial charge on any atom is 0.0101 e. The minimum absolute atomic E-state index is 0.509. The van der Waals surface area contributed by atoms with Crippen molar-refractivity contribution in [3.05, 3.63) is 24.0 Å². The number of allylic oxidation sites excluding steroid dienone is 3. The van der Waals surface area contributed by atoms with E-state index in [-0.39, 0.29) is 0 Å². The summed E-state index contributed by atoms with van der Waals surface area (Å²) >= 11 is 0. The second-order valence-corrected chi connectivity index (χ2v) is 2.78. The van der Waals surface area contributed by atoms with Gasteiger partial charge < -0.3 is 5.32 Å². The van der Waals surface area contributed by atoms with Crippen LogP contribution in [0.25, 0.3) is 0 Å². The van der Waals surface area contributed by atoms with Crippen LogP contribution < -0.4 is 5.32 Å². The van der Waals surface area contributed by atoms with Crippen molar-refractivity contribution in [1.29, 1.82) is 0 Å². The quantitative estimate of drug-likeness (QED) is 0.634. The lowest BCUT2D eigenvalue weighted by molar-refractivity contribution is 0.703. The summed E-state index contributed by atoms with van der Waals surface area (Å²) in [6.45, 7) is 12.2. The molecule has 0 fully saturated rings. The van der Waals surface area contributed by atoms with E-state index >= 15 is 0 Å². The number of nitrogens with one attached hydrogen (secondary N) is 1. The Labute approximate surface area is 63.8 Å². The van der Waals surface area contributed by atoms with Crippen molar-refractivity contribution in [3.63, 3.8) is 0 Å². The zero-order valence-corrected chi connectivity index (χ0v) is 7.36. The molecule has 1 nitrogen and oxygen atoms in total. The van der Waals surface area contributed by atoms with Crippen LogP contribution in [-0.2, 0) is 0 Å². The third kappa shape index (κ3) is 3.33. The van der Waals surface area contributed by atoms with Crippen molar-refractivity contribution in [2.75, 3.05) is 0 Å². The van der Waals surface area contributed by atoms with Gasteiger partial charge in [0.25, 0.3) is 0 Å². The molecule has 10 heavy (non-hydrogen) atoms. The molecule has 0 heterocycles. The molecule has 1 N–H and O–H groups in total. The largest absolute Gasteiger partial charge is 0.363 e. The van der Waals surface area contributed by atoms with Crippen LogP contribution in [0.5, 0.6) is 0 Å². The van der Waals surface area contributed by atoms with Crippen LogP contribution in [0.4, 0.5) is 0 Å². The fourth-order valence-corrected chi connectivity index (χ4v) is 0.470. The van der Waals surface area contributed by atoms with Crippen LogP contribution in [-0.4, -0.2) is 0 Å². The molecule has 0 rings (SSSR count). The van der Waals surface area contributed by atoms with Crippen molar-refractivity contribution in [3.8, 4) is 0 Å². The summed E-state index contributed by atoms with van der Waals surface area (Å²) < 4.78 is 0. The van der Waals surface area contributed by atoms with Crippen molar-refractivity contribution >= 4 is 0 Å². The number of rotatable bonds is 3. The lowest BCUT2D eigenvalue weighted by Gasteiger charge is -2.11. The summed E-state index contributed by atoms with van der Waals surface area (Å²) in [6.07, 6.45) is 2.04. The summed E-state index contributed by atoms with van der Waals surface area (Å²) in [5.41, 5.74) is 2.24. The first-order chi connectivity index (χ1) is 4.57. The summed E-state index contributed by atoms with van der Waals surface area (Å²) in [5, 5.41) is 3.20. The van der Waals surface area contributed by atoms with Gasteiger partial charge in [-0.15, -0.1) is 0 Å². The Morgan fingerprint density at radius 3 is 2.30 bits per heavy atom. The Morgan fingerprint density at radius 2 is 2.00 bits per heavy atom. The van der Waals surface area contributed by atoms with Crippen LogP contribution in [0.1, 0.15) is 27.7 Å². The first-order valence-electron chi connectivity index (χ1n) is 3.66. The molecule has 0 unspecified atom stereocenters. The van der Waals surface area contributed by atoms with E-state index in [2.05, 4.69) is 25.7 Å². The van der Waals surface area contributed by atoms with Gasteiger partial charge in [-0.05, 0) is 19.8 Å². The molecule has 0 saturated carbocycles. The molecular weight excluding hydrogens is 122 g/mol. The molecular formula is C9H17N. The molecule has 0 aliphatic heterocycles. The summed E-state index contributed by atoms with van der Waals surface area (Å²) in [6, 6.07) is 0. The summed E-state index contributed by atoms with van der Waals surface area (Å²) in [7, 11) is 0. The van der Waals surface area contributed by atoms with E-state index in [0.717, 1.165) is 5.70 Å². The lowest BCUT2D eigenvalue weighted by Crippen LogP contribution is -2.13. The SMILES string of the molecule is C=C(N/C(C)=C\C)C(C)C. The molecule has 0 aromatic heterocycles. The van der Waals surface area contributed by atoms with Crippen LogP contribution in [0.3, 0.4) is 0 Å². The molecule has 1 heteroatoms. The smallest absolute Gasteiger partial charge is 0.0101 e. The third-order valence-corrected chi connectivity index (χ3v) is 1.49. The van der Waals surface area contributed by atoms with E-state index in [4.69, 9.17) is 0 Å². The maximum atomic E-state index is 3.89. The summed E-state index contributed by atoms with van der Waals surface area (Å²) in [5.74, 6) is 0.509. The van der Waals surface area contributed by atoms with Crippen LogP contribution in [0.2, 0.25) is 0 Å². The highest BCUT2D eigenvalue weighted by molar-refractivity contribution is 5.06.